The standard InChI is InChI=1S/C24H38O6/c1-27-13-14-28-15-16-29-19-22(25)10-6-12-24(26)21-9-5-11-23(17-21)30-18-20-7-3-2-4-8-20/h5,9,11,17,20,24,26H,2-4,6-8,10,12-16,18-19H2,1H3. The number of ketones is 1. The van der Waals surface area contributed by atoms with Crippen molar-refractivity contribution in [2.24, 2.45) is 5.92 Å². The fourth-order valence-electron chi connectivity index (χ4n) is 3.66. The van der Waals surface area contributed by atoms with E-state index >= 15 is 0 Å². The number of Topliss-reactive ketones (excluding diaryl/α,β-unsaturated/α-hetero) is 1. The SMILES string of the molecule is COCCOCCOCC(=O)CCCC(O)c1cccc(OCC2CCCCC2)c1. The molecule has 2 rings (SSSR count). The number of carbonyl (C=O) groups is 1. The summed E-state index contributed by atoms with van der Waals surface area (Å²) < 4.78 is 21.4. The minimum absolute atomic E-state index is 0.0451. The topological polar surface area (TPSA) is 74.2 Å². The Morgan fingerprint density at radius 2 is 1.87 bits per heavy atom. The van der Waals surface area contributed by atoms with E-state index in [4.69, 9.17) is 18.9 Å². The van der Waals surface area contributed by atoms with Gasteiger partial charge in [0, 0.05) is 13.5 Å². The lowest BCUT2D eigenvalue weighted by atomic mass is 9.90. The van der Waals surface area contributed by atoms with Crippen LogP contribution in [-0.4, -0.2) is 57.6 Å². The van der Waals surface area contributed by atoms with E-state index < -0.39 is 6.10 Å². The molecule has 0 spiro atoms. The van der Waals surface area contributed by atoms with Crippen molar-refractivity contribution in [3.05, 3.63) is 29.8 Å². The summed E-state index contributed by atoms with van der Waals surface area (Å²) in [5.41, 5.74) is 0.841. The summed E-state index contributed by atoms with van der Waals surface area (Å²) in [6.07, 6.45) is 7.43. The molecule has 30 heavy (non-hydrogen) atoms. The van der Waals surface area contributed by atoms with Crippen LogP contribution in [0, 0.1) is 5.92 Å². The fraction of sp³-hybridized carbons (Fsp3) is 0.708. The van der Waals surface area contributed by atoms with Crippen LogP contribution >= 0.6 is 0 Å². The lowest BCUT2D eigenvalue weighted by Gasteiger charge is -2.22. The molecule has 0 radical (unpaired) electrons. The summed E-state index contributed by atoms with van der Waals surface area (Å²) in [4.78, 5) is 11.9. The van der Waals surface area contributed by atoms with Gasteiger partial charge in [-0.25, -0.2) is 0 Å². The smallest absolute Gasteiger partial charge is 0.158 e. The molecule has 0 saturated heterocycles. The van der Waals surface area contributed by atoms with Crippen LogP contribution in [0.1, 0.15) is 63.0 Å². The zero-order valence-corrected chi connectivity index (χ0v) is 18.4. The van der Waals surface area contributed by atoms with Crippen LogP contribution in [-0.2, 0) is 19.0 Å². The van der Waals surface area contributed by atoms with Gasteiger partial charge in [-0.3, -0.25) is 4.79 Å². The zero-order valence-electron chi connectivity index (χ0n) is 18.4. The van der Waals surface area contributed by atoms with E-state index in [-0.39, 0.29) is 12.4 Å². The molecule has 0 heterocycles. The second-order valence-corrected chi connectivity index (χ2v) is 7.99. The number of aliphatic hydroxyl groups is 1. The third kappa shape index (κ3) is 10.5. The first-order chi connectivity index (χ1) is 14.7. The lowest BCUT2D eigenvalue weighted by Crippen LogP contribution is -2.15. The number of ether oxygens (including phenoxy) is 4. The Labute approximate surface area is 180 Å². The highest BCUT2D eigenvalue weighted by Gasteiger charge is 2.15. The van der Waals surface area contributed by atoms with E-state index in [0.29, 0.717) is 51.6 Å². The highest BCUT2D eigenvalue weighted by molar-refractivity contribution is 5.79. The van der Waals surface area contributed by atoms with Crippen molar-refractivity contribution < 1.29 is 28.8 Å². The first-order valence-electron chi connectivity index (χ1n) is 11.3. The van der Waals surface area contributed by atoms with Crippen LogP contribution in [0.3, 0.4) is 0 Å². The average Bonchev–Trinajstić information content (AvgIpc) is 2.78. The molecule has 1 aliphatic rings. The lowest BCUT2D eigenvalue weighted by molar-refractivity contribution is -0.124. The predicted molar refractivity (Wildman–Crippen MR) is 116 cm³/mol. The van der Waals surface area contributed by atoms with Crippen molar-refractivity contribution in [3.8, 4) is 5.75 Å². The molecular formula is C24H38O6. The Morgan fingerprint density at radius 1 is 1.10 bits per heavy atom. The minimum atomic E-state index is -0.592. The first-order valence-corrected chi connectivity index (χ1v) is 11.3. The zero-order chi connectivity index (χ0) is 21.4. The molecular weight excluding hydrogens is 384 g/mol. The summed E-state index contributed by atoms with van der Waals surface area (Å²) in [5, 5.41) is 10.5. The Bertz CT molecular complexity index is 585. The molecule has 0 bridgehead atoms. The van der Waals surface area contributed by atoms with Crippen molar-refractivity contribution in [2.45, 2.75) is 57.5 Å². The molecule has 1 fully saturated rings. The Morgan fingerprint density at radius 3 is 2.67 bits per heavy atom. The van der Waals surface area contributed by atoms with Gasteiger partial charge in [0.15, 0.2) is 5.78 Å². The van der Waals surface area contributed by atoms with Gasteiger partial charge in [0.05, 0.1) is 39.1 Å². The van der Waals surface area contributed by atoms with Gasteiger partial charge < -0.3 is 24.1 Å². The molecule has 1 N–H and O–H groups in total. The highest BCUT2D eigenvalue weighted by Crippen LogP contribution is 2.26. The number of carbonyl (C=O) groups excluding carboxylic acids is 1. The summed E-state index contributed by atoms with van der Waals surface area (Å²) >= 11 is 0. The van der Waals surface area contributed by atoms with Crippen LogP contribution in [0.4, 0.5) is 0 Å². The molecule has 0 amide bonds. The van der Waals surface area contributed by atoms with Crippen molar-refractivity contribution in [3.63, 3.8) is 0 Å². The van der Waals surface area contributed by atoms with E-state index in [9.17, 15) is 9.90 Å². The number of benzene rings is 1. The fourth-order valence-corrected chi connectivity index (χ4v) is 3.66. The van der Waals surface area contributed by atoms with Crippen molar-refractivity contribution in [1.82, 2.24) is 0 Å². The number of aliphatic hydroxyl groups excluding tert-OH is 1. The monoisotopic (exact) mass is 422 g/mol. The average molecular weight is 423 g/mol. The van der Waals surface area contributed by atoms with Crippen molar-refractivity contribution >= 4 is 5.78 Å². The van der Waals surface area contributed by atoms with Crippen LogP contribution in [0.25, 0.3) is 0 Å². The summed E-state index contributed by atoms with van der Waals surface area (Å²) in [6.45, 7) is 2.77. The Balaban J connectivity index is 1.58. The molecule has 1 atom stereocenters. The third-order valence-corrected chi connectivity index (χ3v) is 5.45. The van der Waals surface area contributed by atoms with Gasteiger partial charge in [-0.15, -0.1) is 0 Å². The maximum Gasteiger partial charge on any atom is 0.158 e. The predicted octanol–water partition coefficient (Wildman–Crippen LogP) is 4.10. The minimum Gasteiger partial charge on any atom is -0.493 e. The second-order valence-electron chi connectivity index (χ2n) is 7.99. The van der Waals surface area contributed by atoms with Gasteiger partial charge in [0.1, 0.15) is 12.4 Å². The quantitative estimate of drug-likeness (QED) is 0.404. The van der Waals surface area contributed by atoms with Crippen molar-refractivity contribution in [1.29, 1.82) is 0 Å². The molecule has 6 nitrogen and oxygen atoms in total. The van der Waals surface area contributed by atoms with Gasteiger partial charge in [-0.1, -0.05) is 31.4 Å². The molecule has 1 aromatic rings. The molecule has 1 aromatic carbocycles. The third-order valence-electron chi connectivity index (χ3n) is 5.45. The van der Waals surface area contributed by atoms with Crippen LogP contribution in [0.5, 0.6) is 5.75 Å². The van der Waals surface area contributed by atoms with E-state index in [1.807, 2.05) is 24.3 Å². The molecule has 1 aliphatic carbocycles. The molecule has 1 unspecified atom stereocenters. The molecule has 170 valence electrons. The molecule has 1 saturated carbocycles. The van der Waals surface area contributed by atoms with E-state index in [1.165, 1.54) is 32.1 Å². The Hall–Kier alpha value is -1.47. The number of hydrogen-bond acceptors (Lipinski definition) is 6. The second kappa shape index (κ2) is 15.3. The first kappa shape index (κ1) is 24.8. The van der Waals surface area contributed by atoms with Crippen LogP contribution in [0.2, 0.25) is 0 Å². The maximum absolute atomic E-state index is 11.9. The van der Waals surface area contributed by atoms with Crippen molar-refractivity contribution in [2.75, 3.05) is 46.8 Å². The summed E-state index contributed by atoms with van der Waals surface area (Å²) in [7, 11) is 1.62. The number of rotatable bonds is 16. The summed E-state index contributed by atoms with van der Waals surface area (Å²) in [5.74, 6) is 1.51. The molecule has 0 aliphatic heterocycles. The molecule has 0 aromatic heterocycles. The van der Waals surface area contributed by atoms with E-state index in [1.54, 1.807) is 7.11 Å². The largest absolute Gasteiger partial charge is 0.493 e. The number of methoxy groups -OCH3 is 1. The van der Waals surface area contributed by atoms with E-state index in [2.05, 4.69) is 0 Å². The van der Waals surface area contributed by atoms with E-state index in [0.717, 1.165) is 17.9 Å². The van der Waals surface area contributed by atoms with Gasteiger partial charge in [0.25, 0.3) is 0 Å². The van der Waals surface area contributed by atoms with Crippen LogP contribution in [0.15, 0.2) is 24.3 Å². The van der Waals surface area contributed by atoms with Gasteiger partial charge in [0.2, 0.25) is 0 Å². The maximum atomic E-state index is 11.9. The molecule has 6 heteroatoms. The normalized spacial score (nSPS) is 15.8. The Kier molecular flexibility index (Phi) is 12.7. The number of hydrogen-bond donors (Lipinski definition) is 1. The highest BCUT2D eigenvalue weighted by atomic mass is 16.5. The van der Waals surface area contributed by atoms with Gasteiger partial charge >= 0.3 is 0 Å². The van der Waals surface area contributed by atoms with Gasteiger partial charge in [-0.05, 0) is 49.3 Å². The van der Waals surface area contributed by atoms with Gasteiger partial charge in [-0.2, -0.15) is 0 Å². The van der Waals surface area contributed by atoms with Crippen LogP contribution < -0.4 is 4.74 Å². The summed E-state index contributed by atoms with van der Waals surface area (Å²) in [6, 6.07) is 7.69.